The van der Waals surface area contributed by atoms with Gasteiger partial charge >= 0.3 is 6.18 Å². The van der Waals surface area contributed by atoms with Crippen molar-refractivity contribution in [1.82, 2.24) is 14.8 Å². The van der Waals surface area contributed by atoms with Crippen molar-refractivity contribution < 1.29 is 22.8 Å². The number of fused-ring (bicyclic) bond motifs is 1. The smallest absolute Gasteiger partial charge is 0.365 e. The molecule has 1 aromatic carbocycles. The molecule has 0 radical (unpaired) electrons. The summed E-state index contributed by atoms with van der Waals surface area (Å²) in [4.78, 5) is 28.5. The average molecular weight is 522 g/mol. The minimum absolute atomic E-state index is 0.0269. The summed E-state index contributed by atoms with van der Waals surface area (Å²) < 4.78 is 42.3. The fourth-order valence-corrected chi connectivity index (χ4v) is 4.68. The third kappa shape index (κ3) is 5.15. The van der Waals surface area contributed by atoms with Crippen molar-refractivity contribution in [2.75, 3.05) is 5.32 Å². The first-order valence-corrected chi connectivity index (χ1v) is 11.5. The number of alkyl halides is 3. The van der Waals surface area contributed by atoms with Crippen LogP contribution < -0.4 is 11.1 Å². The Morgan fingerprint density at radius 2 is 1.89 bits per heavy atom. The zero-order valence-corrected chi connectivity index (χ0v) is 20.1. The number of nitrogens with one attached hydrogen (secondary N) is 1. The van der Waals surface area contributed by atoms with E-state index in [1.54, 1.807) is 37.4 Å². The molecule has 0 aliphatic carbocycles. The Kier molecular flexibility index (Phi) is 6.56. The van der Waals surface area contributed by atoms with Gasteiger partial charge < -0.3 is 11.1 Å². The van der Waals surface area contributed by atoms with Gasteiger partial charge in [0, 0.05) is 24.5 Å². The fraction of sp³-hybridized carbons (Fsp3) is 0.217. The molecule has 0 aliphatic heterocycles. The van der Waals surface area contributed by atoms with E-state index in [-0.39, 0.29) is 39.3 Å². The van der Waals surface area contributed by atoms with E-state index in [4.69, 9.17) is 17.3 Å². The van der Waals surface area contributed by atoms with Crippen LogP contribution in [0.2, 0.25) is 5.02 Å². The first kappa shape index (κ1) is 24.7. The molecule has 4 aromatic rings. The molecule has 0 saturated heterocycles. The minimum atomic E-state index is -4.71. The molecule has 3 heterocycles. The van der Waals surface area contributed by atoms with Crippen LogP contribution in [-0.4, -0.2) is 26.6 Å². The van der Waals surface area contributed by atoms with Crippen LogP contribution in [0.25, 0.3) is 21.3 Å². The lowest BCUT2D eigenvalue weighted by molar-refractivity contribution is -0.140. The summed E-state index contributed by atoms with van der Waals surface area (Å²) in [7, 11) is 0. The molecule has 12 heteroatoms. The number of thiophene rings is 1. The van der Waals surface area contributed by atoms with Crippen molar-refractivity contribution in [3.63, 3.8) is 0 Å². The fourth-order valence-electron chi connectivity index (χ4n) is 3.52. The molecule has 2 amide bonds. The van der Waals surface area contributed by atoms with E-state index >= 15 is 0 Å². The molecule has 0 atom stereocenters. The number of nitrogens with two attached hydrogens (primary N) is 1. The molecule has 35 heavy (non-hydrogen) atoms. The first-order chi connectivity index (χ1) is 16.4. The standard InChI is InChI=1S/C23H19ClF3N5O2S/c1-11-3-5-13(6-4-11)14-9-16(23(25,26)27)29-22-18(14)19(20(35-22)21(28)34)30-17(33)7-8-32-10-15(24)12(2)31-32/h3-6,9-10H,7-8H2,1-2H3,(H2,28,34)(H,30,33). The number of nitrogens with zero attached hydrogens (tertiary/aromatic N) is 3. The highest BCUT2D eigenvalue weighted by Crippen LogP contribution is 2.43. The number of hydrogen-bond donors (Lipinski definition) is 2. The number of anilines is 1. The molecular formula is C23H19ClF3N5O2S. The van der Waals surface area contributed by atoms with Crippen molar-refractivity contribution in [1.29, 1.82) is 0 Å². The summed E-state index contributed by atoms with van der Waals surface area (Å²) in [6, 6.07) is 7.76. The van der Waals surface area contributed by atoms with Gasteiger partial charge in [0.25, 0.3) is 5.91 Å². The quantitative estimate of drug-likeness (QED) is 0.346. The number of primary amides is 1. The summed E-state index contributed by atoms with van der Waals surface area (Å²) in [5, 5.41) is 7.52. The maximum atomic E-state index is 13.6. The van der Waals surface area contributed by atoms with Crippen LogP contribution in [0.1, 0.15) is 33.0 Å². The van der Waals surface area contributed by atoms with Crippen molar-refractivity contribution >= 4 is 50.7 Å². The lowest BCUT2D eigenvalue weighted by atomic mass is 10.00. The Bertz CT molecular complexity index is 1420. The molecule has 3 N–H and O–H groups in total. The molecule has 0 aliphatic rings. The van der Waals surface area contributed by atoms with Gasteiger partial charge in [-0.2, -0.15) is 18.3 Å². The van der Waals surface area contributed by atoms with Crippen LogP contribution in [0.3, 0.4) is 0 Å². The lowest BCUT2D eigenvalue weighted by Crippen LogP contribution is -2.18. The van der Waals surface area contributed by atoms with E-state index in [9.17, 15) is 22.8 Å². The number of amides is 2. The van der Waals surface area contributed by atoms with Gasteiger partial charge in [-0.15, -0.1) is 11.3 Å². The van der Waals surface area contributed by atoms with Crippen LogP contribution in [0.15, 0.2) is 36.5 Å². The summed E-state index contributed by atoms with van der Waals surface area (Å²) in [6.07, 6.45) is -3.16. The molecule has 0 bridgehead atoms. The number of halogens is 4. The van der Waals surface area contributed by atoms with Crippen molar-refractivity contribution in [2.24, 2.45) is 5.73 Å². The van der Waals surface area contributed by atoms with Gasteiger partial charge in [-0.25, -0.2) is 4.98 Å². The summed E-state index contributed by atoms with van der Waals surface area (Å²) in [5.41, 5.74) is 6.62. The Morgan fingerprint density at radius 1 is 1.20 bits per heavy atom. The predicted octanol–water partition coefficient (Wildman–Crippen LogP) is 5.58. The van der Waals surface area contributed by atoms with E-state index < -0.39 is 23.7 Å². The van der Waals surface area contributed by atoms with Crippen molar-refractivity contribution in [3.05, 3.63) is 63.4 Å². The van der Waals surface area contributed by atoms with Crippen LogP contribution in [0, 0.1) is 13.8 Å². The van der Waals surface area contributed by atoms with Crippen LogP contribution in [0.5, 0.6) is 0 Å². The number of carbonyl (C=O) groups is 2. The number of pyridine rings is 1. The van der Waals surface area contributed by atoms with Gasteiger partial charge in [-0.1, -0.05) is 41.4 Å². The normalized spacial score (nSPS) is 11.7. The summed E-state index contributed by atoms with van der Waals surface area (Å²) in [5.74, 6) is -1.37. The number of rotatable bonds is 6. The van der Waals surface area contributed by atoms with E-state index in [0.29, 0.717) is 27.6 Å². The van der Waals surface area contributed by atoms with Gasteiger partial charge in [0.2, 0.25) is 5.91 Å². The zero-order valence-electron chi connectivity index (χ0n) is 18.5. The van der Waals surface area contributed by atoms with E-state index in [1.165, 1.54) is 4.68 Å². The van der Waals surface area contributed by atoms with E-state index in [1.807, 2.05) is 6.92 Å². The number of aromatic nitrogens is 3. The molecular weight excluding hydrogens is 503 g/mol. The maximum Gasteiger partial charge on any atom is 0.433 e. The SMILES string of the molecule is Cc1ccc(-c2cc(C(F)(F)F)nc3sc(C(N)=O)c(NC(=O)CCn4cc(Cl)c(C)n4)c23)cc1. The van der Waals surface area contributed by atoms with Gasteiger partial charge in [-0.3, -0.25) is 14.3 Å². The Morgan fingerprint density at radius 3 is 2.46 bits per heavy atom. The Hall–Kier alpha value is -3.44. The Balaban J connectivity index is 1.80. The van der Waals surface area contributed by atoms with Crippen molar-refractivity contribution in [3.8, 4) is 11.1 Å². The topological polar surface area (TPSA) is 103 Å². The molecule has 7 nitrogen and oxygen atoms in total. The second kappa shape index (κ2) is 9.31. The molecule has 0 spiro atoms. The maximum absolute atomic E-state index is 13.6. The zero-order chi connectivity index (χ0) is 25.5. The van der Waals surface area contributed by atoms with Crippen LogP contribution >= 0.6 is 22.9 Å². The minimum Gasteiger partial charge on any atom is -0.365 e. The monoisotopic (exact) mass is 521 g/mol. The number of aryl methyl sites for hydroxylation is 3. The van der Waals surface area contributed by atoms with E-state index in [2.05, 4.69) is 15.4 Å². The summed E-state index contributed by atoms with van der Waals surface area (Å²) >= 11 is 6.69. The third-order valence-electron chi connectivity index (χ3n) is 5.26. The third-order valence-corrected chi connectivity index (χ3v) is 6.73. The highest BCUT2D eigenvalue weighted by Gasteiger charge is 2.35. The molecule has 0 unspecified atom stereocenters. The number of benzene rings is 1. The number of carbonyl (C=O) groups excluding carboxylic acids is 2. The average Bonchev–Trinajstić information content (AvgIpc) is 3.31. The predicted molar refractivity (Wildman–Crippen MR) is 129 cm³/mol. The van der Waals surface area contributed by atoms with Gasteiger partial charge in [0.1, 0.15) is 15.4 Å². The Labute approximate surface area is 206 Å². The summed E-state index contributed by atoms with van der Waals surface area (Å²) in [6.45, 7) is 3.78. The highest BCUT2D eigenvalue weighted by atomic mass is 35.5. The second-order valence-electron chi connectivity index (χ2n) is 7.89. The second-order valence-corrected chi connectivity index (χ2v) is 9.30. The molecule has 0 fully saturated rings. The lowest BCUT2D eigenvalue weighted by Gasteiger charge is -2.13. The largest absolute Gasteiger partial charge is 0.433 e. The molecule has 3 aromatic heterocycles. The molecule has 182 valence electrons. The molecule has 4 rings (SSSR count). The first-order valence-electron chi connectivity index (χ1n) is 10.3. The van der Waals surface area contributed by atoms with Crippen molar-refractivity contribution in [2.45, 2.75) is 33.0 Å². The van der Waals surface area contributed by atoms with E-state index in [0.717, 1.165) is 11.6 Å². The van der Waals surface area contributed by atoms with Gasteiger partial charge in [-0.05, 0) is 31.0 Å². The van der Waals surface area contributed by atoms with Gasteiger partial charge in [0.05, 0.1) is 16.4 Å². The highest BCUT2D eigenvalue weighted by molar-refractivity contribution is 7.21. The van der Waals surface area contributed by atoms with Gasteiger partial charge in [0.15, 0.2) is 0 Å². The molecule has 0 saturated carbocycles. The van der Waals surface area contributed by atoms with Crippen LogP contribution in [-0.2, 0) is 17.5 Å². The van der Waals surface area contributed by atoms with Crippen LogP contribution in [0.4, 0.5) is 18.9 Å². The number of hydrogen-bond acceptors (Lipinski definition) is 5.